The molecule has 0 aliphatic carbocycles. The summed E-state index contributed by atoms with van der Waals surface area (Å²) in [7, 11) is 0. The van der Waals surface area contributed by atoms with E-state index in [1.54, 1.807) is 0 Å². The predicted octanol–water partition coefficient (Wildman–Crippen LogP) is 0.551. The highest BCUT2D eigenvalue weighted by Gasteiger charge is 2.11. The highest BCUT2D eigenvalue weighted by atomic mass is 16.6. The molecule has 21 heavy (non-hydrogen) atoms. The van der Waals surface area contributed by atoms with E-state index >= 15 is 0 Å². The zero-order valence-corrected chi connectivity index (χ0v) is 10.9. The van der Waals surface area contributed by atoms with Gasteiger partial charge in [-0.2, -0.15) is 0 Å². The molecular weight excluding hydrogens is 282 g/mol. The van der Waals surface area contributed by atoms with Gasteiger partial charge in [-0.25, -0.2) is 4.79 Å². The lowest BCUT2D eigenvalue weighted by Gasteiger charge is -2.05. The summed E-state index contributed by atoms with van der Waals surface area (Å²) in [6.07, 6.45) is -1.32. The molecule has 3 N–H and O–H groups in total. The Morgan fingerprint density at radius 1 is 1.14 bits per heavy atom. The molecule has 0 atom stereocenters. The molecule has 1 aromatic carbocycles. The maximum atomic E-state index is 11.7. The number of carbonyl (C=O) groups excluding carboxylic acids is 2. The van der Waals surface area contributed by atoms with E-state index in [-0.39, 0.29) is 30.8 Å². The summed E-state index contributed by atoms with van der Waals surface area (Å²) in [6.45, 7) is -0.309. The second-order valence-corrected chi connectivity index (χ2v) is 3.99. The first-order chi connectivity index (χ1) is 9.90. The van der Waals surface area contributed by atoms with Gasteiger partial charge in [0.25, 0.3) is 5.69 Å². The molecule has 9 nitrogen and oxygen atoms in total. The average Bonchev–Trinajstić information content (AvgIpc) is 2.44. The van der Waals surface area contributed by atoms with E-state index in [0.29, 0.717) is 0 Å². The number of hydrogen-bond acceptors (Lipinski definition) is 5. The molecule has 0 heterocycles. The van der Waals surface area contributed by atoms with Gasteiger partial charge in [0.15, 0.2) is 5.78 Å². The second kappa shape index (κ2) is 7.58. The van der Waals surface area contributed by atoms with E-state index < -0.39 is 22.7 Å². The molecule has 0 saturated heterocycles. The van der Waals surface area contributed by atoms with Crippen LogP contribution in [0.2, 0.25) is 0 Å². The van der Waals surface area contributed by atoms with Crippen LogP contribution < -0.4 is 10.6 Å². The van der Waals surface area contributed by atoms with Gasteiger partial charge < -0.3 is 15.7 Å². The fourth-order valence-electron chi connectivity index (χ4n) is 1.42. The Balaban J connectivity index is 2.41. The fourth-order valence-corrected chi connectivity index (χ4v) is 1.42. The third kappa shape index (κ3) is 5.68. The normalized spacial score (nSPS) is 9.71. The summed E-state index contributed by atoms with van der Waals surface area (Å²) in [5.74, 6) is -0.872. The van der Waals surface area contributed by atoms with Crippen molar-refractivity contribution in [2.45, 2.75) is 6.42 Å². The van der Waals surface area contributed by atoms with Gasteiger partial charge in [-0.1, -0.05) is 0 Å². The second-order valence-electron chi connectivity index (χ2n) is 3.99. The van der Waals surface area contributed by atoms with Crippen LogP contribution in [0, 0.1) is 10.1 Å². The molecule has 0 unspecified atom stereocenters. The van der Waals surface area contributed by atoms with Gasteiger partial charge in [0.1, 0.15) is 0 Å². The number of nitro benzene ring substituents is 1. The highest BCUT2D eigenvalue weighted by molar-refractivity contribution is 5.99. The third-order valence-corrected chi connectivity index (χ3v) is 2.47. The smallest absolute Gasteiger partial charge is 0.404 e. The average molecular weight is 295 g/mol. The predicted molar refractivity (Wildman–Crippen MR) is 71.1 cm³/mol. The highest BCUT2D eigenvalue weighted by Crippen LogP contribution is 2.11. The third-order valence-electron chi connectivity index (χ3n) is 2.47. The largest absolute Gasteiger partial charge is 0.465 e. The van der Waals surface area contributed by atoms with Crippen molar-refractivity contribution in [3.8, 4) is 0 Å². The number of Topliss-reactive ketones (excluding diaryl/α,β-unsaturated/α-hetero) is 1. The topological polar surface area (TPSA) is 139 Å². The summed E-state index contributed by atoms with van der Waals surface area (Å²) < 4.78 is 0. The molecule has 0 aliphatic heterocycles. The first-order valence-corrected chi connectivity index (χ1v) is 5.91. The molecule has 0 aliphatic rings. The Bertz CT molecular complexity index is 555. The van der Waals surface area contributed by atoms with E-state index in [0.717, 1.165) is 0 Å². The van der Waals surface area contributed by atoms with Gasteiger partial charge in [-0.05, 0) is 12.1 Å². The van der Waals surface area contributed by atoms with Gasteiger partial charge >= 0.3 is 6.09 Å². The molecule has 0 spiro atoms. The van der Waals surface area contributed by atoms with Crippen LogP contribution in [0.1, 0.15) is 16.8 Å². The summed E-state index contributed by atoms with van der Waals surface area (Å²) in [5.41, 5.74) is 0.111. The molecule has 0 fully saturated rings. The van der Waals surface area contributed by atoms with Crippen molar-refractivity contribution in [2.24, 2.45) is 0 Å². The van der Waals surface area contributed by atoms with Gasteiger partial charge in [0.2, 0.25) is 5.91 Å². The zero-order chi connectivity index (χ0) is 15.8. The summed E-state index contributed by atoms with van der Waals surface area (Å²) in [5, 5.41) is 23.1. The van der Waals surface area contributed by atoms with Crippen LogP contribution in [0.4, 0.5) is 10.5 Å². The number of amides is 2. The van der Waals surface area contributed by atoms with Crippen molar-refractivity contribution in [3.63, 3.8) is 0 Å². The van der Waals surface area contributed by atoms with Crippen LogP contribution in [0.5, 0.6) is 0 Å². The first-order valence-electron chi connectivity index (χ1n) is 5.91. The van der Waals surface area contributed by atoms with Crippen LogP contribution in [-0.2, 0) is 4.79 Å². The molecule has 0 radical (unpaired) electrons. The number of non-ortho nitro benzene ring substituents is 1. The molecule has 9 heteroatoms. The van der Waals surface area contributed by atoms with Crippen molar-refractivity contribution in [3.05, 3.63) is 39.9 Å². The molecule has 112 valence electrons. The Morgan fingerprint density at radius 3 is 2.29 bits per heavy atom. The number of carboxylic acid groups (broad SMARTS) is 1. The minimum absolute atomic E-state index is 0.0487. The number of nitrogens with zero attached hydrogens (tertiary/aromatic N) is 1. The van der Waals surface area contributed by atoms with E-state index in [1.165, 1.54) is 24.3 Å². The quantitative estimate of drug-likeness (QED) is 0.381. The molecule has 1 rings (SSSR count). The van der Waals surface area contributed by atoms with Crippen molar-refractivity contribution in [1.82, 2.24) is 10.6 Å². The van der Waals surface area contributed by atoms with Crippen LogP contribution in [0.3, 0.4) is 0 Å². The van der Waals surface area contributed by atoms with E-state index in [9.17, 15) is 24.5 Å². The van der Waals surface area contributed by atoms with Crippen molar-refractivity contribution in [1.29, 1.82) is 0 Å². The SMILES string of the molecule is O=C(O)NCCC(=O)NCC(=O)c1ccc([N+](=O)[O-])cc1. The van der Waals surface area contributed by atoms with Crippen LogP contribution >= 0.6 is 0 Å². The number of nitrogens with one attached hydrogen (secondary N) is 2. The number of nitro groups is 1. The molecule has 0 aromatic heterocycles. The van der Waals surface area contributed by atoms with Gasteiger partial charge in [-0.3, -0.25) is 19.7 Å². The molecule has 1 aromatic rings. The van der Waals surface area contributed by atoms with Gasteiger partial charge in [-0.15, -0.1) is 0 Å². The Labute approximate surface area is 119 Å². The molecule has 0 saturated carbocycles. The van der Waals surface area contributed by atoms with Crippen LogP contribution in [-0.4, -0.2) is 40.9 Å². The van der Waals surface area contributed by atoms with E-state index in [2.05, 4.69) is 5.32 Å². The molecule has 2 amide bonds. The van der Waals surface area contributed by atoms with Crippen LogP contribution in [0.15, 0.2) is 24.3 Å². The number of benzene rings is 1. The Morgan fingerprint density at radius 2 is 1.76 bits per heavy atom. The Hall–Kier alpha value is -2.97. The number of ketones is 1. The minimum atomic E-state index is -1.23. The standard InChI is InChI=1S/C12H13N3O6/c16-10(7-14-11(17)5-6-13-12(18)19)8-1-3-9(4-2-8)15(20)21/h1-4,13H,5-7H2,(H,14,17)(H,18,19). The summed E-state index contributed by atoms with van der Waals surface area (Å²) in [6, 6.07) is 5.01. The monoisotopic (exact) mass is 295 g/mol. The lowest BCUT2D eigenvalue weighted by molar-refractivity contribution is -0.384. The van der Waals surface area contributed by atoms with Crippen molar-refractivity contribution in [2.75, 3.05) is 13.1 Å². The van der Waals surface area contributed by atoms with E-state index in [1.807, 2.05) is 5.32 Å². The number of hydrogen-bond donors (Lipinski definition) is 3. The van der Waals surface area contributed by atoms with Crippen LogP contribution in [0.25, 0.3) is 0 Å². The lowest BCUT2D eigenvalue weighted by Crippen LogP contribution is -2.33. The molecule has 0 bridgehead atoms. The summed E-state index contributed by atoms with van der Waals surface area (Å²) >= 11 is 0. The summed E-state index contributed by atoms with van der Waals surface area (Å²) in [4.78, 5) is 43.1. The minimum Gasteiger partial charge on any atom is -0.465 e. The zero-order valence-electron chi connectivity index (χ0n) is 10.9. The Kier molecular flexibility index (Phi) is 5.80. The van der Waals surface area contributed by atoms with Gasteiger partial charge in [0.05, 0.1) is 11.5 Å². The fraction of sp³-hybridized carbons (Fsp3) is 0.250. The number of rotatable bonds is 7. The van der Waals surface area contributed by atoms with E-state index in [4.69, 9.17) is 5.11 Å². The first kappa shape index (κ1) is 16.1. The van der Waals surface area contributed by atoms with Crippen molar-refractivity contribution >= 4 is 23.5 Å². The maximum Gasteiger partial charge on any atom is 0.404 e. The molecular formula is C12H13N3O6. The number of carbonyl (C=O) groups is 3. The maximum absolute atomic E-state index is 11.7. The van der Waals surface area contributed by atoms with Crippen molar-refractivity contribution < 1.29 is 24.4 Å². The van der Waals surface area contributed by atoms with Gasteiger partial charge in [0, 0.05) is 30.7 Å². The lowest BCUT2D eigenvalue weighted by atomic mass is 10.1.